The smallest absolute Gasteiger partial charge is 0.412 e. The van der Waals surface area contributed by atoms with Gasteiger partial charge < -0.3 is 19.9 Å². The number of carbonyl (C=O) groups is 1. The van der Waals surface area contributed by atoms with E-state index in [0.717, 1.165) is 24.5 Å². The van der Waals surface area contributed by atoms with Crippen LogP contribution >= 0.6 is 0 Å². The second kappa shape index (κ2) is 7.64. The highest BCUT2D eigenvalue weighted by Crippen LogP contribution is 2.34. The maximum atomic E-state index is 10.9. The Kier molecular flexibility index (Phi) is 4.68. The zero-order valence-electron chi connectivity index (χ0n) is 16.1. The van der Waals surface area contributed by atoms with Crippen molar-refractivity contribution in [2.24, 2.45) is 5.73 Å². The molecule has 154 valence electrons. The number of aromatic nitrogens is 4. The third-order valence-electron chi connectivity index (χ3n) is 5.13. The summed E-state index contributed by atoms with van der Waals surface area (Å²) in [6.45, 7) is 3.24. The highest BCUT2D eigenvalue weighted by molar-refractivity contribution is 5.67. The number of hydrogen-bond donors (Lipinski definition) is 1. The molecule has 0 aliphatic carbocycles. The molecule has 0 spiro atoms. The van der Waals surface area contributed by atoms with Gasteiger partial charge in [0.05, 0.1) is 6.54 Å². The second-order valence-corrected chi connectivity index (χ2v) is 7.15. The first kappa shape index (κ1) is 18.4. The van der Waals surface area contributed by atoms with Crippen LogP contribution in [-0.4, -0.2) is 43.9 Å². The number of pyridine rings is 1. The van der Waals surface area contributed by atoms with Gasteiger partial charge in [-0.3, -0.25) is 9.47 Å². The molecule has 0 fully saturated rings. The van der Waals surface area contributed by atoms with Crippen molar-refractivity contribution in [1.29, 1.82) is 0 Å². The number of rotatable bonds is 4. The molecule has 2 N–H and O–H groups in total. The van der Waals surface area contributed by atoms with Gasteiger partial charge in [-0.1, -0.05) is 29.4 Å². The largest absolute Gasteiger partial charge is 0.484 e. The van der Waals surface area contributed by atoms with E-state index in [4.69, 9.17) is 19.9 Å². The predicted octanol–water partition coefficient (Wildman–Crippen LogP) is 1.66. The minimum absolute atomic E-state index is 0.146. The molecule has 1 amide bonds. The molecule has 1 atom stereocenters. The first-order valence-electron chi connectivity index (χ1n) is 9.61. The summed E-state index contributed by atoms with van der Waals surface area (Å²) in [5.41, 5.74) is 7.28. The Morgan fingerprint density at radius 2 is 2.07 bits per heavy atom. The molecular formula is C20H20N6O4. The number of primary amides is 1. The number of carbonyl (C=O) groups excluding carboxylic acids is 1. The van der Waals surface area contributed by atoms with Gasteiger partial charge in [-0.25, -0.2) is 9.78 Å². The number of fused-ring (bicyclic) bond motifs is 2. The van der Waals surface area contributed by atoms with Crippen molar-refractivity contribution < 1.29 is 19.0 Å². The fraction of sp³-hybridized carbons (Fsp3) is 0.300. The standard InChI is InChI=1S/C20H20N6O4/c21-19(27)30-20-24-23-17-11-25(8-9-26(17)20)10-13-3-5-14(6-4-13)16-12-28-15-2-1-7-22-18(15)29-16/h1-7,16H,8-12H2,(H2,21,27)/t16-/m1/s1. The molecule has 0 bridgehead atoms. The van der Waals surface area contributed by atoms with Crippen molar-refractivity contribution in [2.75, 3.05) is 13.2 Å². The first-order chi connectivity index (χ1) is 14.7. The van der Waals surface area contributed by atoms with Gasteiger partial charge in [0.1, 0.15) is 12.4 Å². The molecule has 2 aromatic heterocycles. The van der Waals surface area contributed by atoms with E-state index in [1.807, 2.05) is 12.1 Å². The maximum Gasteiger partial charge on any atom is 0.412 e. The fourth-order valence-electron chi connectivity index (χ4n) is 3.65. The lowest BCUT2D eigenvalue weighted by Crippen LogP contribution is -2.34. The van der Waals surface area contributed by atoms with E-state index in [1.165, 1.54) is 5.56 Å². The Balaban J connectivity index is 1.22. The maximum absolute atomic E-state index is 10.9. The molecule has 2 aliphatic heterocycles. The van der Waals surface area contributed by atoms with E-state index in [0.29, 0.717) is 31.3 Å². The van der Waals surface area contributed by atoms with Crippen molar-refractivity contribution in [3.63, 3.8) is 0 Å². The average molecular weight is 408 g/mol. The number of nitrogens with zero attached hydrogens (tertiary/aromatic N) is 5. The van der Waals surface area contributed by atoms with Crippen LogP contribution in [0.2, 0.25) is 0 Å². The summed E-state index contributed by atoms with van der Waals surface area (Å²) < 4.78 is 18.4. The van der Waals surface area contributed by atoms with Crippen LogP contribution in [0.3, 0.4) is 0 Å². The summed E-state index contributed by atoms with van der Waals surface area (Å²) in [5.74, 6) is 1.94. The normalized spacial score (nSPS) is 17.9. The molecule has 30 heavy (non-hydrogen) atoms. The van der Waals surface area contributed by atoms with Crippen molar-refractivity contribution >= 4 is 6.09 Å². The summed E-state index contributed by atoms with van der Waals surface area (Å²) in [5, 5.41) is 7.99. The number of ether oxygens (including phenoxy) is 3. The minimum atomic E-state index is -0.890. The Morgan fingerprint density at radius 3 is 2.90 bits per heavy atom. The van der Waals surface area contributed by atoms with Gasteiger partial charge in [-0.05, 0) is 23.3 Å². The Bertz CT molecular complexity index is 1070. The second-order valence-electron chi connectivity index (χ2n) is 7.15. The van der Waals surface area contributed by atoms with Crippen LogP contribution in [0.25, 0.3) is 0 Å². The van der Waals surface area contributed by atoms with Gasteiger partial charge in [0.15, 0.2) is 11.9 Å². The van der Waals surface area contributed by atoms with Gasteiger partial charge in [-0.15, -0.1) is 5.10 Å². The van der Waals surface area contributed by atoms with Crippen LogP contribution in [0.1, 0.15) is 23.1 Å². The summed E-state index contributed by atoms with van der Waals surface area (Å²) >= 11 is 0. The zero-order chi connectivity index (χ0) is 20.5. The quantitative estimate of drug-likeness (QED) is 0.693. The first-order valence-corrected chi connectivity index (χ1v) is 9.61. The summed E-state index contributed by atoms with van der Waals surface area (Å²) in [7, 11) is 0. The van der Waals surface area contributed by atoms with E-state index in [9.17, 15) is 4.79 Å². The molecule has 0 unspecified atom stereocenters. The molecule has 0 saturated heterocycles. The molecule has 0 saturated carbocycles. The van der Waals surface area contributed by atoms with E-state index >= 15 is 0 Å². The van der Waals surface area contributed by atoms with Crippen LogP contribution in [-0.2, 0) is 19.6 Å². The molecule has 4 heterocycles. The third-order valence-corrected chi connectivity index (χ3v) is 5.13. The number of nitrogens with two attached hydrogens (primary N) is 1. The Hall–Kier alpha value is -3.66. The third kappa shape index (κ3) is 3.64. The summed E-state index contributed by atoms with van der Waals surface area (Å²) in [4.78, 5) is 17.4. The average Bonchev–Trinajstić information content (AvgIpc) is 3.15. The van der Waals surface area contributed by atoms with E-state index in [2.05, 4.69) is 44.3 Å². The lowest BCUT2D eigenvalue weighted by Gasteiger charge is -2.28. The topological polar surface area (TPSA) is 118 Å². The lowest BCUT2D eigenvalue weighted by molar-refractivity contribution is 0.0850. The molecule has 0 radical (unpaired) electrons. The Labute approximate surface area is 172 Å². The van der Waals surface area contributed by atoms with Crippen molar-refractivity contribution in [3.05, 3.63) is 59.5 Å². The van der Waals surface area contributed by atoms with E-state index in [1.54, 1.807) is 10.8 Å². The van der Waals surface area contributed by atoms with Crippen LogP contribution < -0.4 is 19.9 Å². The van der Waals surface area contributed by atoms with Gasteiger partial charge in [0, 0.05) is 25.8 Å². The van der Waals surface area contributed by atoms with Gasteiger partial charge >= 0.3 is 12.1 Å². The van der Waals surface area contributed by atoms with Crippen molar-refractivity contribution in [2.45, 2.75) is 25.7 Å². The van der Waals surface area contributed by atoms with E-state index in [-0.39, 0.29) is 12.1 Å². The molecule has 3 aromatic rings. The number of benzene rings is 1. The molecule has 1 aromatic carbocycles. The molecule has 10 heteroatoms. The monoisotopic (exact) mass is 408 g/mol. The molecular weight excluding hydrogens is 388 g/mol. The zero-order valence-corrected chi connectivity index (χ0v) is 16.1. The van der Waals surface area contributed by atoms with Gasteiger partial charge in [0.2, 0.25) is 0 Å². The highest BCUT2D eigenvalue weighted by atomic mass is 16.6. The predicted molar refractivity (Wildman–Crippen MR) is 104 cm³/mol. The Morgan fingerprint density at radius 1 is 1.20 bits per heavy atom. The van der Waals surface area contributed by atoms with Crippen molar-refractivity contribution in [3.8, 4) is 17.6 Å². The molecule has 2 aliphatic rings. The number of amides is 1. The molecule has 5 rings (SSSR count). The summed E-state index contributed by atoms with van der Waals surface area (Å²) in [6.07, 6.45) is 0.619. The van der Waals surface area contributed by atoms with Crippen LogP contribution in [0, 0.1) is 0 Å². The van der Waals surface area contributed by atoms with Crippen LogP contribution in [0.5, 0.6) is 17.6 Å². The molecule has 10 nitrogen and oxygen atoms in total. The summed E-state index contributed by atoms with van der Waals surface area (Å²) in [6, 6.07) is 12.1. The SMILES string of the molecule is NC(=O)Oc1nnc2n1CCN(Cc1ccc([C@H]3COc4cccnc4O3)cc1)C2. The van der Waals surface area contributed by atoms with Gasteiger partial charge in [0.25, 0.3) is 5.88 Å². The van der Waals surface area contributed by atoms with Crippen molar-refractivity contribution in [1.82, 2.24) is 24.6 Å². The number of hydrogen-bond acceptors (Lipinski definition) is 8. The van der Waals surface area contributed by atoms with E-state index < -0.39 is 6.09 Å². The van der Waals surface area contributed by atoms with Gasteiger partial charge in [-0.2, -0.15) is 0 Å². The fourth-order valence-corrected chi connectivity index (χ4v) is 3.65. The minimum Gasteiger partial charge on any atom is -0.484 e. The highest BCUT2D eigenvalue weighted by Gasteiger charge is 2.25. The van der Waals surface area contributed by atoms with Crippen LogP contribution in [0.4, 0.5) is 4.79 Å². The van der Waals surface area contributed by atoms with Crippen LogP contribution in [0.15, 0.2) is 42.6 Å². The lowest BCUT2D eigenvalue weighted by atomic mass is 10.1.